The number of halogens is 1. The second-order valence-corrected chi connectivity index (χ2v) is 6.30. The van der Waals surface area contributed by atoms with E-state index in [9.17, 15) is 0 Å². The van der Waals surface area contributed by atoms with E-state index in [1.807, 2.05) is 6.92 Å². The highest BCUT2D eigenvalue weighted by atomic mass is 35.5. The Morgan fingerprint density at radius 1 is 1.06 bits per heavy atom. The Labute approximate surface area is 114 Å². The maximum Gasteiger partial charge on any atom is 0.155 e. The van der Waals surface area contributed by atoms with Crippen LogP contribution in [0.4, 0.5) is 5.82 Å². The van der Waals surface area contributed by atoms with Crippen LogP contribution in [0.1, 0.15) is 43.2 Å². The largest absolute Gasteiger partial charge is 0.354 e. The van der Waals surface area contributed by atoms with Gasteiger partial charge in [-0.1, -0.05) is 24.4 Å². The lowest BCUT2D eigenvalue weighted by atomic mass is 9.86. The second kappa shape index (κ2) is 4.37. The lowest BCUT2D eigenvalue weighted by molar-refractivity contribution is 0.340. The first-order valence-corrected chi connectivity index (χ1v) is 7.23. The summed E-state index contributed by atoms with van der Waals surface area (Å²) in [5.41, 5.74) is 2.82. The normalized spacial score (nSPS) is 22.1. The number of rotatable bonds is 1. The molecule has 1 saturated heterocycles. The van der Waals surface area contributed by atoms with E-state index in [4.69, 9.17) is 11.6 Å². The molecule has 98 valence electrons. The Morgan fingerprint density at radius 3 is 2.50 bits per heavy atom. The first-order valence-electron chi connectivity index (χ1n) is 6.86. The van der Waals surface area contributed by atoms with Gasteiger partial charge in [0.05, 0.1) is 0 Å². The van der Waals surface area contributed by atoms with Crippen LogP contribution in [0.2, 0.25) is 5.15 Å². The van der Waals surface area contributed by atoms with Crippen LogP contribution in [0.3, 0.4) is 0 Å². The molecular weight excluding hydrogens is 246 g/mol. The van der Waals surface area contributed by atoms with Crippen molar-refractivity contribution >= 4 is 17.4 Å². The molecule has 4 heteroatoms. The smallest absolute Gasteiger partial charge is 0.155 e. The molecular formula is C14H20ClN3. The van der Waals surface area contributed by atoms with Gasteiger partial charge in [0.15, 0.2) is 11.0 Å². The summed E-state index contributed by atoms with van der Waals surface area (Å²) >= 11 is 6.02. The van der Waals surface area contributed by atoms with Gasteiger partial charge in [-0.25, -0.2) is 0 Å². The van der Waals surface area contributed by atoms with E-state index in [0.717, 1.165) is 24.5 Å². The fourth-order valence-corrected chi connectivity index (χ4v) is 3.69. The molecule has 2 fully saturated rings. The van der Waals surface area contributed by atoms with Crippen LogP contribution >= 0.6 is 11.6 Å². The van der Waals surface area contributed by atoms with Gasteiger partial charge >= 0.3 is 0 Å². The summed E-state index contributed by atoms with van der Waals surface area (Å²) in [6.07, 6.45) is 6.90. The first kappa shape index (κ1) is 12.2. The average molecular weight is 266 g/mol. The van der Waals surface area contributed by atoms with E-state index in [0.29, 0.717) is 10.6 Å². The molecule has 3 nitrogen and oxygen atoms in total. The highest BCUT2D eigenvalue weighted by Gasteiger charge is 2.41. The lowest BCUT2D eigenvalue weighted by Gasteiger charge is -2.25. The summed E-state index contributed by atoms with van der Waals surface area (Å²) in [5, 5.41) is 8.93. The van der Waals surface area contributed by atoms with Crippen LogP contribution in [0, 0.1) is 19.3 Å². The van der Waals surface area contributed by atoms with E-state index in [1.165, 1.54) is 37.7 Å². The van der Waals surface area contributed by atoms with E-state index in [-0.39, 0.29) is 0 Å². The van der Waals surface area contributed by atoms with Crippen molar-refractivity contribution in [1.82, 2.24) is 10.2 Å². The third kappa shape index (κ3) is 1.89. The van der Waals surface area contributed by atoms with Crippen LogP contribution < -0.4 is 4.90 Å². The van der Waals surface area contributed by atoms with Crippen molar-refractivity contribution in [1.29, 1.82) is 0 Å². The van der Waals surface area contributed by atoms with Gasteiger partial charge in [-0.05, 0) is 49.7 Å². The lowest BCUT2D eigenvalue weighted by Crippen LogP contribution is -2.26. The highest BCUT2D eigenvalue weighted by Crippen LogP contribution is 2.46. The van der Waals surface area contributed by atoms with E-state index in [2.05, 4.69) is 22.0 Å². The number of anilines is 1. The zero-order valence-corrected chi connectivity index (χ0v) is 11.9. The zero-order valence-electron chi connectivity index (χ0n) is 11.2. The summed E-state index contributed by atoms with van der Waals surface area (Å²) in [7, 11) is 0. The number of nitrogens with zero attached hydrogens (tertiary/aromatic N) is 3. The average Bonchev–Trinajstić information content (AvgIpc) is 2.98. The maximum absolute atomic E-state index is 6.02. The van der Waals surface area contributed by atoms with E-state index >= 15 is 0 Å². The van der Waals surface area contributed by atoms with Crippen molar-refractivity contribution in [2.45, 2.75) is 46.0 Å². The molecule has 0 aromatic carbocycles. The number of hydrogen-bond donors (Lipinski definition) is 0. The Morgan fingerprint density at radius 2 is 1.78 bits per heavy atom. The van der Waals surface area contributed by atoms with Crippen molar-refractivity contribution in [2.75, 3.05) is 18.0 Å². The van der Waals surface area contributed by atoms with Crippen molar-refractivity contribution in [3.63, 3.8) is 0 Å². The first-order chi connectivity index (χ1) is 8.61. The van der Waals surface area contributed by atoms with Crippen molar-refractivity contribution in [3.05, 3.63) is 16.3 Å². The molecule has 0 radical (unpaired) electrons. The predicted octanol–water partition coefficient (Wildman–Crippen LogP) is 3.52. The molecule has 1 saturated carbocycles. The van der Waals surface area contributed by atoms with E-state index < -0.39 is 0 Å². The van der Waals surface area contributed by atoms with E-state index in [1.54, 1.807) is 0 Å². The molecule has 3 rings (SSSR count). The Balaban J connectivity index is 1.86. The van der Waals surface area contributed by atoms with Gasteiger partial charge in [-0.3, -0.25) is 0 Å². The maximum atomic E-state index is 6.02. The topological polar surface area (TPSA) is 29.0 Å². The standard InChI is InChI=1S/C14H20ClN3/c1-10-11(2)13(17-16-12(10)15)18-8-7-14(9-18)5-3-4-6-14/h3-9H2,1-2H3. The van der Waals surface area contributed by atoms with Crippen LogP contribution in [0.25, 0.3) is 0 Å². The van der Waals surface area contributed by atoms with Gasteiger partial charge in [0.1, 0.15) is 0 Å². The van der Waals surface area contributed by atoms with Crippen molar-refractivity contribution in [2.24, 2.45) is 5.41 Å². The fourth-order valence-electron chi connectivity index (χ4n) is 3.51. The SMILES string of the molecule is Cc1c(Cl)nnc(N2CCC3(CCCC3)C2)c1C. The molecule has 0 amide bonds. The Bertz CT molecular complexity index is 466. The van der Waals surface area contributed by atoms with Gasteiger partial charge in [0.2, 0.25) is 0 Å². The summed E-state index contributed by atoms with van der Waals surface area (Å²) in [4.78, 5) is 2.41. The van der Waals surface area contributed by atoms with Gasteiger partial charge in [-0.15, -0.1) is 10.2 Å². The molecule has 2 heterocycles. The third-order valence-electron chi connectivity index (χ3n) is 4.84. The fraction of sp³-hybridized carbons (Fsp3) is 0.714. The highest BCUT2D eigenvalue weighted by molar-refractivity contribution is 6.30. The number of aromatic nitrogens is 2. The molecule has 0 unspecified atom stereocenters. The molecule has 0 bridgehead atoms. The Hall–Kier alpha value is -0.830. The molecule has 1 spiro atoms. The minimum Gasteiger partial charge on any atom is -0.354 e. The minimum absolute atomic E-state index is 0.533. The second-order valence-electron chi connectivity index (χ2n) is 5.94. The molecule has 1 aromatic heterocycles. The third-order valence-corrected chi connectivity index (χ3v) is 5.20. The molecule has 1 aliphatic heterocycles. The Kier molecular flexibility index (Phi) is 2.97. The molecule has 18 heavy (non-hydrogen) atoms. The van der Waals surface area contributed by atoms with Crippen LogP contribution in [0.5, 0.6) is 0 Å². The zero-order chi connectivity index (χ0) is 12.8. The monoisotopic (exact) mass is 265 g/mol. The van der Waals surface area contributed by atoms with Gasteiger partial charge in [-0.2, -0.15) is 0 Å². The van der Waals surface area contributed by atoms with Gasteiger partial charge in [0, 0.05) is 13.1 Å². The summed E-state index contributed by atoms with van der Waals surface area (Å²) in [6.45, 7) is 6.41. The predicted molar refractivity (Wildman–Crippen MR) is 74.2 cm³/mol. The van der Waals surface area contributed by atoms with Crippen LogP contribution in [-0.4, -0.2) is 23.3 Å². The molecule has 2 aliphatic rings. The quantitative estimate of drug-likeness (QED) is 0.778. The van der Waals surface area contributed by atoms with Crippen molar-refractivity contribution in [3.8, 4) is 0 Å². The van der Waals surface area contributed by atoms with Crippen molar-refractivity contribution < 1.29 is 0 Å². The summed E-state index contributed by atoms with van der Waals surface area (Å²) in [6, 6.07) is 0. The molecule has 0 N–H and O–H groups in total. The van der Waals surface area contributed by atoms with Gasteiger partial charge < -0.3 is 4.90 Å². The summed E-state index contributed by atoms with van der Waals surface area (Å²) in [5.74, 6) is 1.04. The molecule has 1 aliphatic carbocycles. The van der Waals surface area contributed by atoms with Gasteiger partial charge in [0.25, 0.3) is 0 Å². The molecule has 1 aromatic rings. The number of hydrogen-bond acceptors (Lipinski definition) is 3. The van der Waals surface area contributed by atoms with Crippen LogP contribution in [-0.2, 0) is 0 Å². The van der Waals surface area contributed by atoms with Crippen LogP contribution in [0.15, 0.2) is 0 Å². The minimum atomic E-state index is 0.533. The molecule has 0 atom stereocenters. The summed E-state index contributed by atoms with van der Waals surface area (Å²) < 4.78 is 0.